The normalized spacial score (nSPS) is 15.4. The van der Waals surface area contributed by atoms with Gasteiger partial charge in [0.25, 0.3) is 5.91 Å². The lowest BCUT2D eigenvalue weighted by atomic mass is 10.1. The highest BCUT2D eigenvalue weighted by atomic mass is 16.2. The van der Waals surface area contributed by atoms with E-state index in [2.05, 4.69) is 30.9 Å². The zero-order valence-corrected chi connectivity index (χ0v) is 12.1. The van der Waals surface area contributed by atoms with Crippen LogP contribution in [0.25, 0.3) is 0 Å². The molecule has 0 saturated carbocycles. The first-order valence-electron chi connectivity index (χ1n) is 7.40. The van der Waals surface area contributed by atoms with E-state index < -0.39 is 0 Å². The van der Waals surface area contributed by atoms with Gasteiger partial charge in [-0.2, -0.15) is 0 Å². The minimum atomic E-state index is 0.186. The van der Waals surface area contributed by atoms with Gasteiger partial charge in [-0.1, -0.05) is 0 Å². The minimum Gasteiger partial charge on any atom is -0.372 e. The molecule has 1 aliphatic heterocycles. The van der Waals surface area contributed by atoms with Crippen LogP contribution in [0.15, 0.2) is 24.3 Å². The molecule has 1 aromatic carbocycles. The Morgan fingerprint density at radius 2 is 1.63 bits per heavy atom. The van der Waals surface area contributed by atoms with Crippen molar-refractivity contribution in [3.05, 3.63) is 29.8 Å². The van der Waals surface area contributed by atoms with Gasteiger partial charge in [0.1, 0.15) is 0 Å². The fraction of sp³-hybridized carbons (Fsp3) is 0.562. The number of anilines is 1. The highest BCUT2D eigenvalue weighted by Gasteiger charge is 2.18. The van der Waals surface area contributed by atoms with Crippen molar-refractivity contribution in [3.63, 3.8) is 0 Å². The van der Waals surface area contributed by atoms with E-state index in [1.54, 1.807) is 0 Å². The van der Waals surface area contributed by atoms with Crippen molar-refractivity contribution >= 4 is 11.6 Å². The van der Waals surface area contributed by atoms with Crippen LogP contribution in [-0.2, 0) is 0 Å². The Morgan fingerprint density at radius 1 is 1.05 bits per heavy atom. The standard InChI is InChI=1S/C16H24N2O/c1-3-17(4-2)15-10-8-14(9-11-15)16(19)18-12-6-5-7-13-18/h8-11H,3-7,12-13H2,1-2H3. The lowest BCUT2D eigenvalue weighted by Gasteiger charge is -2.27. The van der Waals surface area contributed by atoms with Crippen LogP contribution < -0.4 is 4.90 Å². The first kappa shape index (κ1) is 13.9. The molecule has 2 rings (SSSR count). The number of benzene rings is 1. The van der Waals surface area contributed by atoms with E-state index in [9.17, 15) is 4.79 Å². The summed E-state index contributed by atoms with van der Waals surface area (Å²) in [5.74, 6) is 0.186. The highest BCUT2D eigenvalue weighted by Crippen LogP contribution is 2.17. The molecule has 19 heavy (non-hydrogen) atoms. The Kier molecular flexibility index (Phi) is 4.83. The van der Waals surface area contributed by atoms with Gasteiger partial charge in [0.2, 0.25) is 0 Å². The average Bonchev–Trinajstić information content (AvgIpc) is 2.49. The van der Waals surface area contributed by atoms with Crippen molar-refractivity contribution in [2.75, 3.05) is 31.1 Å². The van der Waals surface area contributed by atoms with E-state index in [0.29, 0.717) is 0 Å². The Bertz CT molecular complexity index is 403. The number of piperidine rings is 1. The molecule has 104 valence electrons. The van der Waals surface area contributed by atoms with Gasteiger partial charge in [-0.25, -0.2) is 0 Å². The molecule has 1 fully saturated rings. The molecule has 0 radical (unpaired) electrons. The molecule has 0 spiro atoms. The SMILES string of the molecule is CCN(CC)c1ccc(C(=O)N2CCCCC2)cc1. The van der Waals surface area contributed by atoms with Gasteiger partial charge >= 0.3 is 0 Å². The molecule has 1 aliphatic rings. The summed E-state index contributed by atoms with van der Waals surface area (Å²) in [6.45, 7) is 8.12. The minimum absolute atomic E-state index is 0.186. The van der Waals surface area contributed by atoms with Gasteiger partial charge in [-0.05, 0) is 57.4 Å². The summed E-state index contributed by atoms with van der Waals surface area (Å²) >= 11 is 0. The maximum Gasteiger partial charge on any atom is 0.253 e. The quantitative estimate of drug-likeness (QED) is 0.830. The van der Waals surface area contributed by atoms with Crippen LogP contribution in [0.3, 0.4) is 0 Å². The van der Waals surface area contributed by atoms with Crippen LogP contribution in [0, 0.1) is 0 Å². The van der Waals surface area contributed by atoms with Crippen molar-refractivity contribution in [1.82, 2.24) is 4.90 Å². The van der Waals surface area contributed by atoms with E-state index in [1.807, 2.05) is 17.0 Å². The predicted octanol–water partition coefficient (Wildman–Crippen LogP) is 3.16. The topological polar surface area (TPSA) is 23.6 Å². The number of hydrogen-bond donors (Lipinski definition) is 0. The summed E-state index contributed by atoms with van der Waals surface area (Å²) in [5.41, 5.74) is 2.01. The summed E-state index contributed by atoms with van der Waals surface area (Å²) in [6, 6.07) is 8.05. The molecule has 0 aliphatic carbocycles. The van der Waals surface area contributed by atoms with Crippen LogP contribution in [-0.4, -0.2) is 37.0 Å². The molecule has 1 heterocycles. The molecular weight excluding hydrogens is 236 g/mol. The number of nitrogens with zero attached hydrogens (tertiary/aromatic N) is 2. The molecule has 1 aromatic rings. The number of rotatable bonds is 4. The first-order chi connectivity index (χ1) is 9.26. The van der Waals surface area contributed by atoms with Gasteiger partial charge in [-0.15, -0.1) is 0 Å². The van der Waals surface area contributed by atoms with Crippen molar-refractivity contribution in [2.24, 2.45) is 0 Å². The zero-order valence-electron chi connectivity index (χ0n) is 12.1. The van der Waals surface area contributed by atoms with Crippen molar-refractivity contribution in [3.8, 4) is 0 Å². The maximum absolute atomic E-state index is 12.3. The average molecular weight is 260 g/mol. The Balaban J connectivity index is 2.06. The van der Waals surface area contributed by atoms with E-state index in [1.165, 1.54) is 12.1 Å². The molecule has 1 saturated heterocycles. The number of amides is 1. The first-order valence-corrected chi connectivity index (χ1v) is 7.40. The van der Waals surface area contributed by atoms with E-state index in [-0.39, 0.29) is 5.91 Å². The number of carbonyl (C=O) groups is 1. The van der Waals surface area contributed by atoms with E-state index in [4.69, 9.17) is 0 Å². The van der Waals surface area contributed by atoms with Gasteiger partial charge in [0, 0.05) is 37.4 Å². The second-order valence-corrected chi connectivity index (χ2v) is 5.07. The third-order valence-corrected chi connectivity index (χ3v) is 3.89. The van der Waals surface area contributed by atoms with Crippen LogP contribution in [0.5, 0.6) is 0 Å². The largest absolute Gasteiger partial charge is 0.372 e. The maximum atomic E-state index is 12.3. The lowest BCUT2D eigenvalue weighted by Crippen LogP contribution is -2.35. The predicted molar refractivity (Wildman–Crippen MR) is 79.8 cm³/mol. The highest BCUT2D eigenvalue weighted by molar-refractivity contribution is 5.94. The summed E-state index contributed by atoms with van der Waals surface area (Å²) in [6.07, 6.45) is 3.54. The van der Waals surface area contributed by atoms with Crippen molar-refractivity contribution in [2.45, 2.75) is 33.1 Å². The number of carbonyl (C=O) groups excluding carboxylic acids is 1. The fourth-order valence-electron chi connectivity index (χ4n) is 2.68. The molecule has 3 nitrogen and oxygen atoms in total. The molecule has 0 aromatic heterocycles. The molecule has 3 heteroatoms. The zero-order chi connectivity index (χ0) is 13.7. The van der Waals surface area contributed by atoms with Crippen molar-refractivity contribution < 1.29 is 4.79 Å². The fourth-order valence-corrected chi connectivity index (χ4v) is 2.68. The third-order valence-electron chi connectivity index (χ3n) is 3.89. The van der Waals surface area contributed by atoms with Crippen LogP contribution in [0.1, 0.15) is 43.5 Å². The summed E-state index contributed by atoms with van der Waals surface area (Å²) < 4.78 is 0. The van der Waals surface area contributed by atoms with Gasteiger partial charge < -0.3 is 9.80 Å². The molecule has 0 unspecified atom stereocenters. The Hall–Kier alpha value is -1.51. The Labute approximate surface area is 116 Å². The van der Waals surface area contributed by atoms with Crippen molar-refractivity contribution in [1.29, 1.82) is 0 Å². The second kappa shape index (κ2) is 6.60. The molecule has 1 amide bonds. The molecular formula is C16H24N2O. The smallest absolute Gasteiger partial charge is 0.253 e. The molecule has 0 N–H and O–H groups in total. The lowest BCUT2D eigenvalue weighted by molar-refractivity contribution is 0.0724. The number of likely N-dealkylation sites (tertiary alicyclic amines) is 1. The second-order valence-electron chi connectivity index (χ2n) is 5.07. The van der Waals surface area contributed by atoms with Crippen LogP contribution in [0.2, 0.25) is 0 Å². The molecule has 0 atom stereocenters. The monoisotopic (exact) mass is 260 g/mol. The van der Waals surface area contributed by atoms with Gasteiger partial charge in [0.05, 0.1) is 0 Å². The Morgan fingerprint density at radius 3 is 2.16 bits per heavy atom. The third kappa shape index (κ3) is 3.28. The molecule has 0 bridgehead atoms. The van der Waals surface area contributed by atoms with E-state index in [0.717, 1.165) is 44.6 Å². The van der Waals surface area contributed by atoms with Crippen LogP contribution in [0.4, 0.5) is 5.69 Å². The summed E-state index contributed by atoms with van der Waals surface area (Å²) in [7, 11) is 0. The van der Waals surface area contributed by atoms with Gasteiger partial charge in [0.15, 0.2) is 0 Å². The van der Waals surface area contributed by atoms with Gasteiger partial charge in [-0.3, -0.25) is 4.79 Å². The number of hydrogen-bond acceptors (Lipinski definition) is 2. The van der Waals surface area contributed by atoms with E-state index >= 15 is 0 Å². The summed E-state index contributed by atoms with van der Waals surface area (Å²) in [5, 5.41) is 0. The van der Waals surface area contributed by atoms with Crippen LogP contribution >= 0.6 is 0 Å². The summed E-state index contributed by atoms with van der Waals surface area (Å²) in [4.78, 5) is 16.6.